The van der Waals surface area contributed by atoms with Gasteiger partial charge in [-0.2, -0.15) is 0 Å². The third kappa shape index (κ3) is 28.4. The number of ether oxygens (including phenoxy) is 2. The standard InChI is InChI=1S/C40H78O4/c1-6-9-12-15-18-20-21-22-24-26-29-32-35-38(44-39(41)36(4)5)40(42)43-37(33-30-27-17-14-11-8-3)34-31-28-25-23-19-16-13-10-7-2/h36-38H,6-35H2,1-5H3. The summed E-state index contributed by atoms with van der Waals surface area (Å²) in [5.74, 6) is -0.848. The van der Waals surface area contributed by atoms with Crippen molar-refractivity contribution in [3.63, 3.8) is 0 Å². The van der Waals surface area contributed by atoms with E-state index in [0.29, 0.717) is 6.42 Å². The molecule has 262 valence electrons. The van der Waals surface area contributed by atoms with Gasteiger partial charge in [0, 0.05) is 0 Å². The first-order chi connectivity index (χ1) is 21.5. The Morgan fingerprint density at radius 2 is 0.682 bits per heavy atom. The van der Waals surface area contributed by atoms with Crippen molar-refractivity contribution in [3.05, 3.63) is 0 Å². The summed E-state index contributed by atoms with van der Waals surface area (Å²) in [4.78, 5) is 25.9. The fraction of sp³-hybridized carbons (Fsp3) is 0.950. The minimum Gasteiger partial charge on any atom is -0.460 e. The van der Waals surface area contributed by atoms with Gasteiger partial charge in [0.05, 0.1) is 5.92 Å². The van der Waals surface area contributed by atoms with Gasteiger partial charge in [-0.05, 0) is 38.5 Å². The molecule has 0 spiro atoms. The third-order valence-corrected chi connectivity index (χ3v) is 9.10. The van der Waals surface area contributed by atoms with Crippen molar-refractivity contribution in [2.24, 2.45) is 5.92 Å². The Balaban J connectivity index is 4.67. The quantitative estimate of drug-likeness (QED) is 0.0529. The normalized spacial score (nSPS) is 12.9. The monoisotopic (exact) mass is 623 g/mol. The summed E-state index contributed by atoms with van der Waals surface area (Å²) in [6, 6.07) is 0. The van der Waals surface area contributed by atoms with Gasteiger partial charge in [-0.15, -0.1) is 0 Å². The number of carbonyl (C=O) groups excluding carboxylic acids is 2. The van der Waals surface area contributed by atoms with Crippen molar-refractivity contribution in [1.82, 2.24) is 0 Å². The molecule has 0 heterocycles. The second-order valence-corrected chi connectivity index (χ2v) is 14.0. The van der Waals surface area contributed by atoms with Gasteiger partial charge < -0.3 is 9.47 Å². The van der Waals surface area contributed by atoms with Crippen LogP contribution in [0.2, 0.25) is 0 Å². The third-order valence-electron chi connectivity index (χ3n) is 9.10. The summed E-state index contributed by atoms with van der Waals surface area (Å²) in [5.41, 5.74) is 0. The van der Waals surface area contributed by atoms with Crippen molar-refractivity contribution in [3.8, 4) is 0 Å². The van der Waals surface area contributed by atoms with Gasteiger partial charge in [0.15, 0.2) is 6.10 Å². The lowest BCUT2D eigenvalue weighted by Gasteiger charge is -2.23. The summed E-state index contributed by atoms with van der Waals surface area (Å²) in [6.45, 7) is 10.5. The predicted octanol–water partition coefficient (Wildman–Crippen LogP) is 13.2. The van der Waals surface area contributed by atoms with Crippen molar-refractivity contribution in [2.75, 3.05) is 0 Å². The highest BCUT2D eigenvalue weighted by molar-refractivity contribution is 5.80. The van der Waals surface area contributed by atoms with E-state index < -0.39 is 6.10 Å². The second kappa shape index (κ2) is 33.3. The largest absolute Gasteiger partial charge is 0.460 e. The second-order valence-electron chi connectivity index (χ2n) is 14.0. The van der Waals surface area contributed by atoms with Crippen molar-refractivity contribution in [1.29, 1.82) is 0 Å². The van der Waals surface area contributed by atoms with Crippen LogP contribution in [0.4, 0.5) is 0 Å². The van der Waals surface area contributed by atoms with Crippen LogP contribution in [0.15, 0.2) is 0 Å². The molecule has 0 radical (unpaired) electrons. The van der Waals surface area contributed by atoms with Crippen molar-refractivity contribution < 1.29 is 19.1 Å². The van der Waals surface area contributed by atoms with E-state index in [-0.39, 0.29) is 24.0 Å². The van der Waals surface area contributed by atoms with E-state index in [9.17, 15) is 9.59 Å². The molecule has 0 aromatic carbocycles. The first-order valence-electron chi connectivity index (χ1n) is 19.9. The highest BCUT2D eigenvalue weighted by atomic mass is 16.6. The summed E-state index contributed by atoms with van der Waals surface area (Å²) >= 11 is 0. The van der Waals surface area contributed by atoms with Gasteiger partial charge in [0.2, 0.25) is 0 Å². The minimum atomic E-state index is -0.761. The Kier molecular flexibility index (Phi) is 32.5. The van der Waals surface area contributed by atoms with E-state index in [1.807, 2.05) is 13.8 Å². The van der Waals surface area contributed by atoms with E-state index in [1.54, 1.807) is 0 Å². The number of carbonyl (C=O) groups is 2. The fourth-order valence-electron chi connectivity index (χ4n) is 6.01. The lowest BCUT2D eigenvalue weighted by atomic mass is 10.0. The Hall–Kier alpha value is -1.06. The Bertz CT molecular complexity index is 616. The van der Waals surface area contributed by atoms with Gasteiger partial charge >= 0.3 is 11.9 Å². The Morgan fingerprint density at radius 1 is 0.386 bits per heavy atom. The van der Waals surface area contributed by atoms with Crippen LogP contribution in [0, 0.1) is 5.92 Å². The van der Waals surface area contributed by atoms with Crippen molar-refractivity contribution in [2.45, 2.75) is 239 Å². The first kappa shape index (κ1) is 42.9. The topological polar surface area (TPSA) is 52.6 Å². The maximum Gasteiger partial charge on any atom is 0.347 e. The number of esters is 2. The molecule has 0 bridgehead atoms. The molecule has 0 amide bonds. The molecule has 44 heavy (non-hydrogen) atoms. The first-order valence-corrected chi connectivity index (χ1v) is 19.9. The number of rotatable bonds is 34. The van der Waals surface area contributed by atoms with E-state index in [0.717, 1.165) is 38.5 Å². The number of hydrogen-bond donors (Lipinski definition) is 0. The average molecular weight is 623 g/mol. The number of unbranched alkanes of at least 4 members (excludes halogenated alkanes) is 24. The molecule has 0 fully saturated rings. The highest BCUT2D eigenvalue weighted by Crippen LogP contribution is 2.21. The lowest BCUT2D eigenvalue weighted by molar-refractivity contribution is -0.174. The van der Waals surface area contributed by atoms with Crippen LogP contribution in [0.25, 0.3) is 0 Å². The van der Waals surface area contributed by atoms with Crippen LogP contribution in [0.5, 0.6) is 0 Å². The Morgan fingerprint density at radius 3 is 1.00 bits per heavy atom. The van der Waals surface area contributed by atoms with Crippen LogP contribution in [0.3, 0.4) is 0 Å². The smallest absolute Gasteiger partial charge is 0.347 e. The van der Waals surface area contributed by atoms with Gasteiger partial charge in [0.1, 0.15) is 6.10 Å². The average Bonchev–Trinajstić information content (AvgIpc) is 3.01. The minimum absolute atomic E-state index is 0.0551. The molecular formula is C40H78O4. The van der Waals surface area contributed by atoms with Crippen LogP contribution < -0.4 is 0 Å². The molecule has 4 nitrogen and oxygen atoms in total. The molecule has 2 atom stereocenters. The number of hydrogen-bond acceptors (Lipinski definition) is 4. The molecule has 0 saturated heterocycles. The molecule has 0 aromatic rings. The molecule has 0 aromatic heterocycles. The molecule has 0 rings (SSSR count). The molecule has 0 saturated carbocycles. The van der Waals surface area contributed by atoms with E-state index in [1.165, 1.54) is 148 Å². The van der Waals surface area contributed by atoms with Crippen molar-refractivity contribution >= 4 is 11.9 Å². The summed E-state index contributed by atoms with van der Waals surface area (Å²) in [5, 5.41) is 0. The zero-order chi connectivity index (χ0) is 32.5. The van der Waals surface area contributed by atoms with Crippen LogP contribution in [-0.4, -0.2) is 24.1 Å². The maximum absolute atomic E-state index is 13.4. The summed E-state index contributed by atoms with van der Waals surface area (Å²) in [6.07, 6.45) is 36.0. The zero-order valence-corrected chi connectivity index (χ0v) is 30.6. The summed E-state index contributed by atoms with van der Waals surface area (Å²) < 4.78 is 11.9. The fourth-order valence-corrected chi connectivity index (χ4v) is 6.01. The predicted molar refractivity (Wildman–Crippen MR) is 190 cm³/mol. The van der Waals surface area contributed by atoms with Crippen LogP contribution in [-0.2, 0) is 19.1 Å². The molecule has 2 unspecified atom stereocenters. The SMILES string of the molecule is CCCCCCCCCCCCCCC(OC(=O)C(C)C)C(=O)OC(CCCCCCCC)CCCCCCCCCCC. The van der Waals surface area contributed by atoms with Crippen LogP contribution >= 0.6 is 0 Å². The van der Waals surface area contributed by atoms with E-state index >= 15 is 0 Å². The lowest BCUT2D eigenvalue weighted by Crippen LogP contribution is -2.33. The van der Waals surface area contributed by atoms with Gasteiger partial charge in [-0.3, -0.25) is 4.79 Å². The van der Waals surface area contributed by atoms with Crippen LogP contribution in [0.1, 0.15) is 227 Å². The molecule has 0 N–H and O–H groups in total. The van der Waals surface area contributed by atoms with Gasteiger partial charge in [0.25, 0.3) is 0 Å². The van der Waals surface area contributed by atoms with E-state index in [2.05, 4.69) is 20.8 Å². The Labute approximate surface area is 276 Å². The molecular weight excluding hydrogens is 544 g/mol. The maximum atomic E-state index is 13.4. The molecule has 0 aliphatic heterocycles. The van der Waals surface area contributed by atoms with E-state index in [4.69, 9.17) is 9.47 Å². The molecule has 4 heteroatoms. The van der Waals surface area contributed by atoms with Gasteiger partial charge in [-0.1, -0.05) is 189 Å². The highest BCUT2D eigenvalue weighted by Gasteiger charge is 2.27. The molecule has 0 aliphatic rings. The zero-order valence-electron chi connectivity index (χ0n) is 30.6. The summed E-state index contributed by atoms with van der Waals surface area (Å²) in [7, 11) is 0. The van der Waals surface area contributed by atoms with Gasteiger partial charge in [-0.25, -0.2) is 4.79 Å². The molecule has 0 aliphatic carbocycles.